The minimum atomic E-state index is -0.364. The summed E-state index contributed by atoms with van der Waals surface area (Å²) in [4.78, 5) is 51.9. The van der Waals surface area contributed by atoms with Gasteiger partial charge in [0.05, 0.1) is 36.5 Å². The SMILES string of the molecule is CCC(CC)CCCOC(=O)c1ccc(Nc2nc(Nc3ccc(C(=O)OCCCC(CC)CC)cc3)nc(Nc3ccc(C(=O)OCCCC(CC)CC)cc3)n2)cc1. The van der Waals surface area contributed by atoms with Gasteiger partial charge in [-0.2, -0.15) is 15.0 Å². The Bertz CT molecular complexity index is 1650. The van der Waals surface area contributed by atoms with Gasteiger partial charge in [-0.1, -0.05) is 80.1 Å². The van der Waals surface area contributed by atoms with Crippen LogP contribution in [0.4, 0.5) is 34.9 Å². The summed E-state index contributed by atoms with van der Waals surface area (Å²) >= 11 is 0. The highest BCUT2D eigenvalue weighted by atomic mass is 16.5. The van der Waals surface area contributed by atoms with Gasteiger partial charge in [0.2, 0.25) is 17.8 Å². The Hall–Kier alpha value is -5.52. The van der Waals surface area contributed by atoms with Gasteiger partial charge < -0.3 is 30.2 Å². The molecule has 60 heavy (non-hydrogen) atoms. The molecule has 0 unspecified atom stereocenters. The van der Waals surface area contributed by atoms with Crippen molar-refractivity contribution in [1.82, 2.24) is 15.0 Å². The Kier molecular flexibility index (Phi) is 20.3. The average molecular weight is 823 g/mol. The largest absolute Gasteiger partial charge is 0.462 e. The smallest absolute Gasteiger partial charge is 0.338 e. The number of benzene rings is 3. The van der Waals surface area contributed by atoms with Crippen LogP contribution >= 0.6 is 0 Å². The van der Waals surface area contributed by atoms with Crippen LogP contribution in [0.15, 0.2) is 72.8 Å². The lowest BCUT2D eigenvalue weighted by atomic mass is 9.98. The van der Waals surface area contributed by atoms with E-state index in [2.05, 4.69) is 72.4 Å². The fourth-order valence-corrected chi connectivity index (χ4v) is 6.95. The van der Waals surface area contributed by atoms with E-state index in [1.165, 1.54) is 0 Å². The number of hydrogen-bond donors (Lipinski definition) is 3. The van der Waals surface area contributed by atoms with Gasteiger partial charge in [-0.15, -0.1) is 0 Å². The van der Waals surface area contributed by atoms with E-state index in [-0.39, 0.29) is 35.8 Å². The van der Waals surface area contributed by atoms with Gasteiger partial charge in [0.15, 0.2) is 0 Å². The first-order chi connectivity index (χ1) is 29.2. The fourth-order valence-electron chi connectivity index (χ4n) is 6.95. The highest BCUT2D eigenvalue weighted by molar-refractivity contribution is 5.91. The molecule has 324 valence electrons. The third-order valence-corrected chi connectivity index (χ3v) is 11.2. The second kappa shape index (κ2) is 25.9. The van der Waals surface area contributed by atoms with Crippen molar-refractivity contribution in [1.29, 1.82) is 0 Å². The summed E-state index contributed by atoms with van der Waals surface area (Å²) in [5, 5.41) is 9.63. The number of nitrogens with one attached hydrogen (secondary N) is 3. The van der Waals surface area contributed by atoms with Gasteiger partial charge in [-0.05, 0) is 129 Å². The van der Waals surface area contributed by atoms with Crippen LogP contribution in [-0.4, -0.2) is 52.7 Å². The van der Waals surface area contributed by atoms with Crippen LogP contribution < -0.4 is 16.0 Å². The molecule has 0 saturated carbocycles. The van der Waals surface area contributed by atoms with Crippen LogP contribution in [0.3, 0.4) is 0 Å². The first kappa shape index (κ1) is 47.2. The first-order valence-electron chi connectivity index (χ1n) is 22.1. The number of carbonyl (C=O) groups is 3. The summed E-state index contributed by atoms with van der Waals surface area (Å²) in [5.74, 6) is 1.56. The molecule has 12 heteroatoms. The van der Waals surface area contributed by atoms with E-state index >= 15 is 0 Å². The van der Waals surface area contributed by atoms with Crippen LogP contribution in [0.25, 0.3) is 0 Å². The molecular formula is C48H66N6O6. The van der Waals surface area contributed by atoms with Crippen LogP contribution in [0.1, 0.15) is 150 Å². The number of anilines is 6. The topological polar surface area (TPSA) is 154 Å². The number of carbonyl (C=O) groups excluding carboxylic acids is 3. The number of nitrogens with zero attached hydrogens (tertiary/aromatic N) is 3. The molecule has 0 spiro atoms. The monoisotopic (exact) mass is 823 g/mol. The summed E-state index contributed by atoms with van der Waals surface area (Å²) in [6.45, 7) is 14.3. The number of aromatic nitrogens is 3. The van der Waals surface area contributed by atoms with Crippen molar-refractivity contribution in [2.75, 3.05) is 35.8 Å². The van der Waals surface area contributed by atoms with Crippen molar-refractivity contribution in [2.24, 2.45) is 17.8 Å². The molecule has 0 fully saturated rings. The van der Waals surface area contributed by atoms with E-state index in [0.717, 1.165) is 77.0 Å². The number of esters is 3. The van der Waals surface area contributed by atoms with Crippen molar-refractivity contribution in [2.45, 2.75) is 119 Å². The van der Waals surface area contributed by atoms with E-state index in [9.17, 15) is 14.4 Å². The van der Waals surface area contributed by atoms with E-state index in [1.807, 2.05) is 0 Å². The lowest BCUT2D eigenvalue weighted by Gasteiger charge is -2.13. The minimum Gasteiger partial charge on any atom is -0.462 e. The fraction of sp³-hybridized carbons (Fsp3) is 0.500. The van der Waals surface area contributed by atoms with Crippen molar-refractivity contribution in [3.05, 3.63) is 89.5 Å². The Morgan fingerprint density at radius 1 is 0.417 bits per heavy atom. The zero-order valence-electron chi connectivity index (χ0n) is 36.6. The van der Waals surface area contributed by atoms with Crippen molar-refractivity contribution >= 4 is 52.8 Å². The lowest BCUT2D eigenvalue weighted by Crippen LogP contribution is -2.09. The van der Waals surface area contributed by atoms with Crippen molar-refractivity contribution in [3.8, 4) is 0 Å². The van der Waals surface area contributed by atoms with Gasteiger partial charge in [0.25, 0.3) is 0 Å². The van der Waals surface area contributed by atoms with Gasteiger partial charge >= 0.3 is 17.9 Å². The van der Waals surface area contributed by atoms with Crippen LogP contribution in [0.5, 0.6) is 0 Å². The predicted molar refractivity (Wildman–Crippen MR) is 240 cm³/mol. The molecule has 0 radical (unpaired) electrons. The number of hydrogen-bond acceptors (Lipinski definition) is 12. The molecule has 0 saturated heterocycles. The molecule has 4 rings (SSSR count). The molecule has 0 aliphatic rings. The summed E-state index contributed by atoms with van der Waals surface area (Å²) in [5.41, 5.74) is 3.29. The second-order valence-corrected chi connectivity index (χ2v) is 15.3. The molecule has 0 atom stereocenters. The zero-order valence-corrected chi connectivity index (χ0v) is 36.6. The van der Waals surface area contributed by atoms with Crippen molar-refractivity contribution < 1.29 is 28.6 Å². The minimum absolute atomic E-state index is 0.230. The molecule has 3 aromatic carbocycles. The van der Waals surface area contributed by atoms with E-state index in [0.29, 0.717) is 71.3 Å². The molecule has 3 N–H and O–H groups in total. The highest BCUT2D eigenvalue weighted by Crippen LogP contribution is 2.24. The summed E-state index contributed by atoms with van der Waals surface area (Å²) < 4.78 is 16.6. The van der Waals surface area contributed by atoms with Gasteiger partial charge in [0, 0.05) is 17.1 Å². The average Bonchev–Trinajstić information content (AvgIpc) is 3.27. The summed E-state index contributed by atoms with van der Waals surface area (Å²) in [6, 6.07) is 20.8. The standard InChI is InChI=1S/C48H66N6O6/c1-7-34(8-2)16-13-31-58-43(55)37-19-25-40(26-20-37)49-46-52-47(50-41-27-21-38(22-28-41)44(56)59-32-14-17-35(9-3)10-4)54-48(53-46)51-42-29-23-39(24-30-42)45(57)60-33-15-18-36(11-5)12-6/h19-30,34-36H,7-18,31-33H2,1-6H3,(H3,49,50,51,52,53,54). The Labute approximate surface area is 357 Å². The van der Waals surface area contributed by atoms with Gasteiger partial charge in [-0.3, -0.25) is 0 Å². The molecular weight excluding hydrogens is 757 g/mol. The first-order valence-corrected chi connectivity index (χ1v) is 22.1. The van der Waals surface area contributed by atoms with Gasteiger partial charge in [-0.25, -0.2) is 14.4 Å². The molecule has 4 aromatic rings. The van der Waals surface area contributed by atoms with Crippen LogP contribution in [0, 0.1) is 17.8 Å². The molecule has 0 aliphatic heterocycles. The Balaban J connectivity index is 1.44. The molecule has 12 nitrogen and oxygen atoms in total. The van der Waals surface area contributed by atoms with E-state index in [1.54, 1.807) is 72.8 Å². The zero-order chi connectivity index (χ0) is 43.1. The van der Waals surface area contributed by atoms with Crippen LogP contribution in [-0.2, 0) is 14.2 Å². The Morgan fingerprint density at radius 3 is 0.867 bits per heavy atom. The molecule has 0 aliphatic carbocycles. The highest BCUT2D eigenvalue weighted by Gasteiger charge is 2.14. The van der Waals surface area contributed by atoms with E-state index in [4.69, 9.17) is 14.2 Å². The third-order valence-electron chi connectivity index (χ3n) is 11.2. The molecule has 0 amide bonds. The number of rotatable bonds is 27. The maximum Gasteiger partial charge on any atom is 0.338 e. The van der Waals surface area contributed by atoms with Crippen molar-refractivity contribution in [3.63, 3.8) is 0 Å². The quantitative estimate of drug-likeness (QED) is 0.0298. The molecule has 1 heterocycles. The Morgan fingerprint density at radius 2 is 0.650 bits per heavy atom. The normalized spacial score (nSPS) is 11.2. The maximum absolute atomic E-state index is 12.7. The summed E-state index contributed by atoms with van der Waals surface area (Å²) in [7, 11) is 0. The van der Waals surface area contributed by atoms with Gasteiger partial charge in [0.1, 0.15) is 0 Å². The van der Waals surface area contributed by atoms with E-state index < -0.39 is 0 Å². The lowest BCUT2D eigenvalue weighted by molar-refractivity contribution is 0.0484. The maximum atomic E-state index is 12.7. The van der Waals surface area contributed by atoms with Crippen LogP contribution in [0.2, 0.25) is 0 Å². The number of ether oxygens (including phenoxy) is 3. The molecule has 0 bridgehead atoms. The molecule has 1 aromatic heterocycles. The predicted octanol–water partition coefficient (Wildman–Crippen LogP) is 12.2. The third kappa shape index (κ3) is 15.9. The second-order valence-electron chi connectivity index (χ2n) is 15.3. The summed E-state index contributed by atoms with van der Waals surface area (Å²) in [6.07, 6.45) is 12.4.